The molecule has 2 heterocycles. The van der Waals surface area contributed by atoms with E-state index in [0.29, 0.717) is 42.6 Å². The molecule has 0 unspecified atom stereocenters. The first-order valence-electron chi connectivity index (χ1n) is 9.83. The fourth-order valence-electron chi connectivity index (χ4n) is 4.07. The van der Waals surface area contributed by atoms with Crippen molar-refractivity contribution in [2.45, 2.75) is 12.5 Å². The van der Waals surface area contributed by atoms with Gasteiger partial charge in [-0.15, -0.1) is 0 Å². The lowest BCUT2D eigenvalue weighted by Crippen LogP contribution is -2.52. The van der Waals surface area contributed by atoms with Gasteiger partial charge in [0.25, 0.3) is 11.6 Å². The Bertz CT molecular complexity index is 1020. The summed E-state index contributed by atoms with van der Waals surface area (Å²) in [7, 11) is 1.48. The van der Waals surface area contributed by atoms with Gasteiger partial charge in [0.05, 0.1) is 30.2 Å². The molecule has 2 saturated heterocycles. The molecule has 2 aliphatic rings. The Balaban J connectivity index is 1.45. The van der Waals surface area contributed by atoms with E-state index in [1.54, 1.807) is 30.3 Å². The summed E-state index contributed by atoms with van der Waals surface area (Å²) in [5.41, 5.74) is 1.30. The van der Waals surface area contributed by atoms with Crippen molar-refractivity contribution in [3.63, 3.8) is 0 Å². The number of nitro benzene ring substituents is 1. The third-order valence-electron chi connectivity index (χ3n) is 5.69. The predicted octanol–water partition coefficient (Wildman–Crippen LogP) is 2.71. The highest BCUT2D eigenvalue weighted by Gasteiger charge is 2.44. The number of carbonyl (C=O) groups is 2. The van der Waals surface area contributed by atoms with E-state index in [4.69, 9.17) is 16.3 Å². The van der Waals surface area contributed by atoms with Crippen LogP contribution in [0.15, 0.2) is 42.5 Å². The number of hydrogen-bond acceptors (Lipinski definition) is 7. The number of non-ortho nitro benzene ring substituents is 1. The van der Waals surface area contributed by atoms with Gasteiger partial charge >= 0.3 is 0 Å². The second-order valence-electron chi connectivity index (χ2n) is 7.40. The smallest absolute Gasteiger partial charge is 0.269 e. The number of amides is 2. The molecule has 9 nitrogen and oxygen atoms in total. The average Bonchev–Trinajstić information content (AvgIpc) is 3.07. The summed E-state index contributed by atoms with van der Waals surface area (Å²) in [6.45, 7) is 2.49. The summed E-state index contributed by atoms with van der Waals surface area (Å²) in [6, 6.07) is 10.7. The maximum Gasteiger partial charge on any atom is 0.269 e. The van der Waals surface area contributed by atoms with Gasteiger partial charge in [-0.1, -0.05) is 11.6 Å². The highest BCUT2D eigenvalue weighted by atomic mass is 35.5. The van der Waals surface area contributed by atoms with Gasteiger partial charge in [0, 0.05) is 49.0 Å². The molecule has 1 atom stereocenters. The number of halogens is 1. The fraction of sp³-hybridized carbons (Fsp3) is 0.333. The number of anilines is 2. The second kappa shape index (κ2) is 8.52. The first kappa shape index (κ1) is 21.1. The van der Waals surface area contributed by atoms with Gasteiger partial charge < -0.3 is 9.64 Å². The van der Waals surface area contributed by atoms with E-state index in [1.807, 2.05) is 4.90 Å². The van der Waals surface area contributed by atoms with Crippen LogP contribution in [0.4, 0.5) is 17.1 Å². The van der Waals surface area contributed by atoms with Crippen molar-refractivity contribution >= 4 is 40.5 Å². The number of nitro groups is 1. The molecular weight excluding hydrogens is 424 g/mol. The van der Waals surface area contributed by atoms with Crippen molar-refractivity contribution < 1.29 is 19.2 Å². The van der Waals surface area contributed by atoms with Crippen LogP contribution < -0.4 is 14.5 Å². The van der Waals surface area contributed by atoms with Crippen LogP contribution in [0, 0.1) is 10.1 Å². The van der Waals surface area contributed by atoms with Crippen LogP contribution in [0.5, 0.6) is 5.75 Å². The molecular formula is C21H21ClN4O5. The molecule has 0 N–H and O–H groups in total. The van der Waals surface area contributed by atoms with Gasteiger partial charge in [-0.05, 0) is 30.3 Å². The number of benzene rings is 2. The minimum absolute atomic E-state index is 0.0500. The number of carbonyl (C=O) groups excluding carboxylic acids is 2. The number of piperazine rings is 1. The number of rotatable bonds is 5. The van der Waals surface area contributed by atoms with Gasteiger partial charge in [-0.25, -0.2) is 4.90 Å². The zero-order chi connectivity index (χ0) is 22.1. The van der Waals surface area contributed by atoms with E-state index in [-0.39, 0.29) is 23.9 Å². The zero-order valence-electron chi connectivity index (χ0n) is 16.9. The Morgan fingerprint density at radius 2 is 1.74 bits per heavy atom. The normalized spacial score (nSPS) is 19.7. The van der Waals surface area contributed by atoms with Crippen molar-refractivity contribution in [2.75, 3.05) is 43.1 Å². The summed E-state index contributed by atoms with van der Waals surface area (Å²) in [5, 5.41) is 11.2. The van der Waals surface area contributed by atoms with Crippen LogP contribution in [0.3, 0.4) is 0 Å². The Kier molecular flexibility index (Phi) is 5.79. The minimum atomic E-state index is -0.532. The Morgan fingerprint density at radius 3 is 2.35 bits per heavy atom. The maximum absolute atomic E-state index is 13.1. The second-order valence-corrected chi connectivity index (χ2v) is 7.84. The molecule has 2 amide bonds. The quantitative estimate of drug-likeness (QED) is 0.397. The molecule has 2 aromatic rings. The first-order valence-corrected chi connectivity index (χ1v) is 10.2. The molecule has 162 valence electrons. The largest absolute Gasteiger partial charge is 0.495 e. The van der Waals surface area contributed by atoms with Crippen LogP contribution in [0.25, 0.3) is 0 Å². The molecule has 2 fully saturated rings. The van der Waals surface area contributed by atoms with Crippen LogP contribution in [-0.4, -0.2) is 61.0 Å². The zero-order valence-corrected chi connectivity index (χ0v) is 17.6. The molecule has 4 rings (SSSR count). The van der Waals surface area contributed by atoms with E-state index in [2.05, 4.69) is 4.90 Å². The van der Waals surface area contributed by atoms with Crippen molar-refractivity contribution in [2.24, 2.45) is 0 Å². The lowest BCUT2D eigenvalue weighted by atomic mass is 10.1. The van der Waals surface area contributed by atoms with Crippen LogP contribution in [0.1, 0.15) is 6.42 Å². The summed E-state index contributed by atoms with van der Waals surface area (Å²) in [4.78, 5) is 41.5. The third kappa shape index (κ3) is 4.06. The predicted molar refractivity (Wildman–Crippen MR) is 116 cm³/mol. The molecule has 0 aromatic heterocycles. The van der Waals surface area contributed by atoms with Crippen molar-refractivity contribution in [3.05, 3.63) is 57.6 Å². The molecule has 31 heavy (non-hydrogen) atoms. The molecule has 0 radical (unpaired) electrons. The van der Waals surface area contributed by atoms with Crippen LogP contribution >= 0.6 is 11.6 Å². The Morgan fingerprint density at radius 1 is 1.06 bits per heavy atom. The fourth-order valence-corrected chi connectivity index (χ4v) is 4.24. The molecule has 0 spiro atoms. The van der Waals surface area contributed by atoms with Crippen molar-refractivity contribution in [3.8, 4) is 5.75 Å². The number of methoxy groups -OCH3 is 1. The first-order chi connectivity index (χ1) is 14.9. The van der Waals surface area contributed by atoms with E-state index >= 15 is 0 Å². The minimum Gasteiger partial charge on any atom is -0.495 e. The molecule has 2 aliphatic heterocycles. The number of ether oxygens (including phenoxy) is 1. The van der Waals surface area contributed by atoms with Gasteiger partial charge in [-0.3, -0.25) is 24.6 Å². The SMILES string of the molecule is COc1ccc(Cl)cc1N1C(=O)C[C@@H](N2CCN(c3ccc([N+](=O)[O-])cc3)CC2)C1=O. The molecule has 0 saturated carbocycles. The lowest BCUT2D eigenvalue weighted by Gasteiger charge is -2.38. The van der Waals surface area contributed by atoms with Crippen LogP contribution in [0.2, 0.25) is 5.02 Å². The summed E-state index contributed by atoms with van der Waals surface area (Å²) in [5.74, 6) is -0.155. The Labute approximate surface area is 183 Å². The summed E-state index contributed by atoms with van der Waals surface area (Å²) >= 11 is 6.08. The van der Waals surface area contributed by atoms with Gasteiger partial charge in [0.1, 0.15) is 5.75 Å². The van der Waals surface area contributed by atoms with E-state index in [1.165, 1.54) is 19.2 Å². The van der Waals surface area contributed by atoms with E-state index < -0.39 is 11.0 Å². The van der Waals surface area contributed by atoms with Gasteiger partial charge in [0.2, 0.25) is 5.91 Å². The number of imide groups is 1. The van der Waals surface area contributed by atoms with Gasteiger partial charge in [0.15, 0.2) is 0 Å². The molecule has 10 heteroatoms. The lowest BCUT2D eigenvalue weighted by molar-refractivity contribution is -0.384. The molecule has 0 bridgehead atoms. The summed E-state index contributed by atoms with van der Waals surface area (Å²) in [6.07, 6.45) is 0.103. The number of hydrogen-bond donors (Lipinski definition) is 0. The van der Waals surface area contributed by atoms with Gasteiger partial charge in [-0.2, -0.15) is 0 Å². The Hall–Kier alpha value is -3.17. The molecule has 2 aromatic carbocycles. The highest BCUT2D eigenvalue weighted by Crippen LogP contribution is 2.35. The average molecular weight is 445 g/mol. The highest BCUT2D eigenvalue weighted by molar-refractivity contribution is 6.31. The van der Waals surface area contributed by atoms with Crippen molar-refractivity contribution in [1.29, 1.82) is 0 Å². The van der Waals surface area contributed by atoms with E-state index in [0.717, 1.165) is 10.6 Å². The van der Waals surface area contributed by atoms with Crippen LogP contribution in [-0.2, 0) is 9.59 Å². The number of nitrogens with zero attached hydrogens (tertiary/aromatic N) is 4. The standard InChI is InChI=1S/C21H21ClN4O5/c1-31-19-7-2-14(22)12-17(19)25-20(27)13-18(21(25)28)24-10-8-23(9-11-24)15-3-5-16(6-4-15)26(29)30/h2-7,12,18H,8-11,13H2,1H3/t18-/m1/s1. The van der Waals surface area contributed by atoms with Crippen molar-refractivity contribution in [1.82, 2.24) is 4.90 Å². The molecule has 0 aliphatic carbocycles. The summed E-state index contributed by atoms with van der Waals surface area (Å²) < 4.78 is 5.31. The van der Waals surface area contributed by atoms with E-state index in [9.17, 15) is 19.7 Å². The monoisotopic (exact) mass is 444 g/mol. The topological polar surface area (TPSA) is 96.2 Å². The maximum atomic E-state index is 13.1. The third-order valence-corrected chi connectivity index (χ3v) is 5.92.